The van der Waals surface area contributed by atoms with E-state index in [0.717, 1.165) is 42.4 Å². The Morgan fingerprint density at radius 2 is 1.95 bits per heavy atom. The summed E-state index contributed by atoms with van der Waals surface area (Å²) >= 11 is 0. The van der Waals surface area contributed by atoms with Gasteiger partial charge in [0.2, 0.25) is 5.91 Å². The summed E-state index contributed by atoms with van der Waals surface area (Å²) in [5.74, 6) is 0.471. The van der Waals surface area contributed by atoms with Gasteiger partial charge in [0.15, 0.2) is 0 Å². The van der Waals surface area contributed by atoms with E-state index in [9.17, 15) is 9.59 Å². The number of aromatic amines is 1. The molecular formula is C16H18N2O2. The zero-order chi connectivity index (χ0) is 14.1. The second-order valence-corrected chi connectivity index (χ2v) is 5.42. The van der Waals surface area contributed by atoms with Crippen LogP contribution in [0.25, 0.3) is 10.8 Å². The minimum Gasteiger partial charge on any atom is -0.343 e. The Labute approximate surface area is 117 Å². The van der Waals surface area contributed by atoms with Gasteiger partial charge in [-0.2, -0.15) is 0 Å². The molecule has 1 saturated heterocycles. The lowest BCUT2D eigenvalue weighted by molar-refractivity contribution is -0.129. The zero-order valence-corrected chi connectivity index (χ0v) is 11.6. The van der Waals surface area contributed by atoms with Crippen LogP contribution in [0, 0.1) is 0 Å². The summed E-state index contributed by atoms with van der Waals surface area (Å²) < 4.78 is 0. The van der Waals surface area contributed by atoms with Crippen LogP contribution in [-0.2, 0) is 4.79 Å². The van der Waals surface area contributed by atoms with Crippen molar-refractivity contribution in [1.82, 2.24) is 9.88 Å². The molecule has 0 bridgehead atoms. The molecule has 4 heteroatoms. The number of amides is 1. The van der Waals surface area contributed by atoms with Crippen LogP contribution in [0.15, 0.2) is 35.1 Å². The first-order valence-electron chi connectivity index (χ1n) is 7.02. The number of carbonyl (C=O) groups excluding carboxylic acids is 1. The molecule has 0 aliphatic carbocycles. The van der Waals surface area contributed by atoms with Crippen molar-refractivity contribution >= 4 is 16.7 Å². The molecule has 1 aromatic heterocycles. The van der Waals surface area contributed by atoms with Crippen molar-refractivity contribution in [1.29, 1.82) is 0 Å². The Hall–Kier alpha value is -2.10. The monoisotopic (exact) mass is 270 g/mol. The summed E-state index contributed by atoms with van der Waals surface area (Å²) in [5.41, 5.74) is 0.976. The zero-order valence-electron chi connectivity index (χ0n) is 11.6. The number of rotatable bonds is 1. The number of benzene rings is 1. The first-order valence-corrected chi connectivity index (χ1v) is 7.02. The number of likely N-dealkylation sites (tertiary alicyclic amines) is 1. The van der Waals surface area contributed by atoms with Crippen LogP contribution in [0.4, 0.5) is 0 Å². The van der Waals surface area contributed by atoms with Crippen LogP contribution >= 0.6 is 0 Å². The normalized spacial score (nSPS) is 16.6. The molecule has 0 atom stereocenters. The lowest BCUT2D eigenvalue weighted by Gasteiger charge is -2.31. The summed E-state index contributed by atoms with van der Waals surface area (Å²) in [6.45, 7) is 3.15. The number of nitrogens with zero attached hydrogens (tertiary/aromatic N) is 1. The number of pyridine rings is 1. The minimum absolute atomic E-state index is 0.0212. The van der Waals surface area contributed by atoms with Crippen molar-refractivity contribution in [2.24, 2.45) is 0 Å². The van der Waals surface area contributed by atoms with Gasteiger partial charge in [0.25, 0.3) is 5.56 Å². The first-order chi connectivity index (χ1) is 9.65. The van der Waals surface area contributed by atoms with Gasteiger partial charge < -0.3 is 9.88 Å². The predicted molar refractivity (Wildman–Crippen MR) is 78.8 cm³/mol. The van der Waals surface area contributed by atoms with Gasteiger partial charge in [-0.15, -0.1) is 0 Å². The summed E-state index contributed by atoms with van der Waals surface area (Å²) in [5, 5.41) is 1.72. The van der Waals surface area contributed by atoms with Crippen molar-refractivity contribution in [3.63, 3.8) is 0 Å². The SMILES string of the molecule is CC(=O)N1CCC(c2cc3ccccc3c(=O)[nH]2)CC1. The molecule has 104 valence electrons. The Morgan fingerprint density at radius 1 is 1.25 bits per heavy atom. The smallest absolute Gasteiger partial charge is 0.256 e. The van der Waals surface area contributed by atoms with E-state index < -0.39 is 0 Å². The maximum atomic E-state index is 12.1. The molecule has 4 nitrogen and oxygen atoms in total. The van der Waals surface area contributed by atoms with Crippen LogP contribution in [0.2, 0.25) is 0 Å². The Morgan fingerprint density at radius 3 is 2.65 bits per heavy atom. The van der Waals surface area contributed by atoms with Crippen LogP contribution in [-0.4, -0.2) is 28.9 Å². The van der Waals surface area contributed by atoms with Crippen molar-refractivity contribution in [3.8, 4) is 0 Å². The topological polar surface area (TPSA) is 53.2 Å². The van der Waals surface area contributed by atoms with Crippen molar-refractivity contribution in [3.05, 3.63) is 46.4 Å². The fraction of sp³-hybridized carbons (Fsp3) is 0.375. The van der Waals surface area contributed by atoms with Gasteiger partial charge >= 0.3 is 0 Å². The molecule has 1 fully saturated rings. The second-order valence-electron chi connectivity index (χ2n) is 5.42. The van der Waals surface area contributed by atoms with Crippen molar-refractivity contribution in [2.45, 2.75) is 25.7 Å². The second kappa shape index (κ2) is 5.12. The van der Waals surface area contributed by atoms with E-state index in [2.05, 4.69) is 11.1 Å². The molecule has 2 heterocycles. The fourth-order valence-electron chi connectivity index (χ4n) is 2.96. The average Bonchev–Trinajstić information content (AvgIpc) is 2.47. The molecule has 2 aromatic rings. The van der Waals surface area contributed by atoms with E-state index in [0.29, 0.717) is 5.92 Å². The van der Waals surface area contributed by atoms with Crippen LogP contribution in [0.1, 0.15) is 31.4 Å². The summed E-state index contributed by atoms with van der Waals surface area (Å²) in [4.78, 5) is 28.3. The molecule has 1 aliphatic heterocycles. The largest absolute Gasteiger partial charge is 0.343 e. The molecule has 3 rings (SSSR count). The van der Waals surface area contributed by atoms with Gasteiger partial charge in [0, 0.05) is 37.0 Å². The molecule has 20 heavy (non-hydrogen) atoms. The lowest BCUT2D eigenvalue weighted by atomic mass is 9.92. The van der Waals surface area contributed by atoms with Gasteiger partial charge in [-0.1, -0.05) is 18.2 Å². The number of piperidine rings is 1. The summed E-state index contributed by atoms with van der Waals surface area (Å²) in [7, 11) is 0. The van der Waals surface area contributed by atoms with Crippen LogP contribution in [0.5, 0.6) is 0 Å². The van der Waals surface area contributed by atoms with Crippen LogP contribution in [0.3, 0.4) is 0 Å². The van der Waals surface area contributed by atoms with Crippen molar-refractivity contribution in [2.75, 3.05) is 13.1 Å². The number of H-pyrrole nitrogens is 1. The first kappa shape index (κ1) is 12.9. The molecule has 1 aliphatic rings. The minimum atomic E-state index is -0.0212. The molecule has 0 spiro atoms. The number of hydrogen-bond donors (Lipinski definition) is 1. The molecule has 1 N–H and O–H groups in total. The molecule has 0 radical (unpaired) electrons. The number of nitrogens with one attached hydrogen (secondary N) is 1. The van der Waals surface area contributed by atoms with Crippen molar-refractivity contribution < 1.29 is 4.79 Å². The number of carbonyl (C=O) groups is 1. The number of hydrogen-bond acceptors (Lipinski definition) is 2. The standard InChI is InChI=1S/C16H18N2O2/c1-11(19)18-8-6-12(7-9-18)15-10-13-4-2-3-5-14(13)16(20)17-15/h2-5,10,12H,6-9H2,1H3,(H,17,20). The third-order valence-corrected chi connectivity index (χ3v) is 4.15. The van der Waals surface area contributed by atoms with E-state index >= 15 is 0 Å². The quantitative estimate of drug-likeness (QED) is 0.864. The highest BCUT2D eigenvalue weighted by atomic mass is 16.2. The van der Waals surface area contributed by atoms with Gasteiger partial charge in [0.05, 0.1) is 0 Å². The molecule has 1 amide bonds. The maximum absolute atomic E-state index is 12.1. The number of fused-ring (bicyclic) bond motifs is 1. The fourth-order valence-corrected chi connectivity index (χ4v) is 2.96. The highest BCUT2D eigenvalue weighted by molar-refractivity contribution is 5.81. The maximum Gasteiger partial charge on any atom is 0.256 e. The van der Waals surface area contributed by atoms with E-state index in [-0.39, 0.29) is 11.5 Å². The Kier molecular flexibility index (Phi) is 3.30. The van der Waals surface area contributed by atoms with E-state index in [1.165, 1.54) is 0 Å². The van der Waals surface area contributed by atoms with Crippen LogP contribution < -0.4 is 5.56 Å². The Bertz CT molecular complexity index is 697. The van der Waals surface area contributed by atoms with Gasteiger partial charge in [-0.3, -0.25) is 9.59 Å². The number of aromatic nitrogens is 1. The highest BCUT2D eigenvalue weighted by Gasteiger charge is 2.22. The molecule has 0 saturated carbocycles. The van der Waals surface area contributed by atoms with Gasteiger partial charge in [-0.25, -0.2) is 0 Å². The Balaban J connectivity index is 1.88. The summed E-state index contributed by atoms with van der Waals surface area (Å²) in [6.07, 6.45) is 1.82. The van der Waals surface area contributed by atoms with E-state index in [1.807, 2.05) is 29.2 Å². The third-order valence-electron chi connectivity index (χ3n) is 4.15. The molecule has 1 aromatic carbocycles. The van der Waals surface area contributed by atoms with E-state index in [4.69, 9.17) is 0 Å². The average molecular weight is 270 g/mol. The van der Waals surface area contributed by atoms with Gasteiger partial charge in [-0.05, 0) is 30.4 Å². The molecule has 0 unspecified atom stereocenters. The predicted octanol–water partition coefficient (Wildman–Crippen LogP) is 2.25. The highest BCUT2D eigenvalue weighted by Crippen LogP contribution is 2.27. The summed E-state index contributed by atoms with van der Waals surface area (Å²) in [6, 6.07) is 9.71. The molecular weight excluding hydrogens is 252 g/mol. The van der Waals surface area contributed by atoms with Gasteiger partial charge in [0.1, 0.15) is 0 Å². The lowest BCUT2D eigenvalue weighted by Crippen LogP contribution is -2.36. The third kappa shape index (κ3) is 2.33. The van der Waals surface area contributed by atoms with E-state index in [1.54, 1.807) is 6.92 Å².